The van der Waals surface area contributed by atoms with Crippen molar-refractivity contribution in [1.82, 2.24) is 4.98 Å². The van der Waals surface area contributed by atoms with Gasteiger partial charge in [0.25, 0.3) is 0 Å². The van der Waals surface area contributed by atoms with Crippen LogP contribution < -0.4 is 16.0 Å². The average Bonchev–Trinajstić information content (AvgIpc) is 3.01. The fourth-order valence-electron chi connectivity index (χ4n) is 2.57. The first-order chi connectivity index (χ1) is 13.8. The number of nitrogens with two attached hydrogens (primary N) is 1. The number of carbonyl (C=O) groups excluding carboxylic acids is 2. The van der Waals surface area contributed by atoms with Gasteiger partial charge in [-0.1, -0.05) is 0 Å². The summed E-state index contributed by atoms with van der Waals surface area (Å²) in [7, 11) is 0. The summed E-state index contributed by atoms with van der Waals surface area (Å²) >= 11 is 1.29. The van der Waals surface area contributed by atoms with Crippen LogP contribution in [0, 0.1) is 0 Å². The van der Waals surface area contributed by atoms with Gasteiger partial charge in [-0.3, -0.25) is 10.2 Å². The Balaban J connectivity index is 1.92. The zero-order chi connectivity index (χ0) is 22.5. The summed E-state index contributed by atoms with van der Waals surface area (Å²) in [4.78, 5) is 30.5. The Labute approximate surface area is 181 Å². The standard InChI is InChI=1S/C21H30N4O4S/c1-20(2,3)25(16-9-7-14(22)8-10-16)19(27)28-12-11-15-13-30-17(23-15)24-18(26)29-21(4,5)6/h7-10,13H,11-12,22H2,1-6H3,(H,23,24,26). The topological polar surface area (TPSA) is 107 Å². The molecular weight excluding hydrogens is 404 g/mol. The Morgan fingerprint density at radius 2 is 1.77 bits per heavy atom. The monoisotopic (exact) mass is 434 g/mol. The second-order valence-corrected chi connectivity index (χ2v) is 9.59. The van der Waals surface area contributed by atoms with Crippen molar-refractivity contribution in [2.24, 2.45) is 0 Å². The molecule has 164 valence electrons. The van der Waals surface area contributed by atoms with Crippen LogP contribution in [0.3, 0.4) is 0 Å². The molecule has 1 aromatic heterocycles. The molecule has 0 fully saturated rings. The lowest BCUT2D eigenvalue weighted by Gasteiger charge is -2.34. The van der Waals surface area contributed by atoms with Crippen LogP contribution >= 0.6 is 11.3 Å². The van der Waals surface area contributed by atoms with Gasteiger partial charge in [-0.05, 0) is 65.8 Å². The summed E-state index contributed by atoms with van der Waals surface area (Å²) in [5.41, 5.74) is 6.74. The molecule has 8 nitrogen and oxygen atoms in total. The van der Waals surface area contributed by atoms with Crippen molar-refractivity contribution in [1.29, 1.82) is 0 Å². The van der Waals surface area contributed by atoms with Crippen LogP contribution in [0.1, 0.15) is 47.2 Å². The second-order valence-electron chi connectivity index (χ2n) is 8.73. The highest BCUT2D eigenvalue weighted by molar-refractivity contribution is 7.13. The third-order valence-corrected chi connectivity index (χ3v) is 4.55. The van der Waals surface area contributed by atoms with E-state index in [4.69, 9.17) is 15.2 Å². The molecule has 0 saturated heterocycles. The molecule has 2 rings (SSSR count). The number of rotatable bonds is 5. The van der Waals surface area contributed by atoms with E-state index < -0.39 is 23.3 Å². The molecule has 0 atom stereocenters. The number of aromatic nitrogens is 1. The van der Waals surface area contributed by atoms with Crippen LogP contribution in [0.2, 0.25) is 0 Å². The molecule has 2 aromatic rings. The molecule has 1 aromatic carbocycles. The molecule has 30 heavy (non-hydrogen) atoms. The summed E-state index contributed by atoms with van der Waals surface area (Å²) in [5, 5.41) is 4.84. The number of benzene rings is 1. The van der Waals surface area contributed by atoms with Gasteiger partial charge < -0.3 is 15.2 Å². The Morgan fingerprint density at radius 3 is 2.33 bits per heavy atom. The number of anilines is 3. The van der Waals surface area contributed by atoms with Gasteiger partial charge in [0.2, 0.25) is 0 Å². The lowest BCUT2D eigenvalue weighted by molar-refractivity contribution is 0.0636. The highest BCUT2D eigenvalue weighted by Crippen LogP contribution is 2.26. The minimum Gasteiger partial charge on any atom is -0.449 e. The quantitative estimate of drug-likeness (QED) is 0.637. The molecule has 9 heteroatoms. The molecule has 0 spiro atoms. The van der Waals surface area contributed by atoms with E-state index in [0.29, 0.717) is 28.6 Å². The van der Waals surface area contributed by atoms with Crippen molar-refractivity contribution in [2.75, 3.05) is 22.6 Å². The van der Waals surface area contributed by atoms with E-state index in [0.717, 1.165) is 0 Å². The number of amides is 2. The van der Waals surface area contributed by atoms with Gasteiger partial charge in [-0.15, -0.1) is 11.3 Å². The van der Waals surface area contributed by atoms with Crippen LogP contribution in [0.4, 0.5) is 26.1 Å². The molecule has 0 unspecified atom stereocenters. The van der Waals surface area contributed by atoms with Crippen LogP contribution in [0.15, 0.2) is 29.6 Å². The normalized spacial score (nSPS) is 11.7. The van der Waals surface area contributed by atoms with Crippen LogP contribution in [0.5, 0.6) is 0 Å². The lowest BCUT2D eigenvalue weighted by atomic mass is 10.1. The van der Waals surface area contributed by atoms with E-state index in [9.17, 15) is 9.59 Å². The second kappa shape index (κ2) is 9.34. The number of hydrogen-bond acceptors (Lipinski definition) is 7. The number of ether oxygens (including phenoxy) is 2. The molecule has 3 N–H and O–H groups in total. The first-order valence-electron chi connectivity index (χ1n) is 9.62. The smallest absolute Gasteiger partial charge is 0.414 e. The number of thiazole rings is 1. The predicted octanol–water partition coefficient (Wildman–Crippen LogP) is 5.06. The van der Waals surface area contributed by atoms with E-state index in [1.54, 1.807) is 49.9 Å². The van der Waals surface area contributed by atoms with E-state index in [1.807, 2.05) is 26.2 Å². The number of hydrogen-bond donors (Lipinski definition) is 2. The molecule has 0 radical (unpaired) electrons. The van der Waals surface area contributed by atoms with E-state index >= 15 is 0 Å². The van der Waals surface area contributed by atoms with Crippen molar-refractivity contribution in [3.63, 3.8) is 0 Å². The van der Waals surface area contributed by atoms with E-state index in [1.165, 1.54) is 11.3 Å². The number of carbonyl (C=O) groups is 2. The van der Waals surface area contributed by atoms with Gasteiger partial charge in [-0.25, -0.2) is 14.6 Å². The fraction of sp³-hybridized carbons (Fsp3) is 0.476. The first-order valence-corrected chi connectivity index (χ1v) is 10.5. The average molecular weight is 435 g/mol. The van der Waals surface area contributed by atoms with Gasteiger partial charge in [-0.2, -0.15) is 0 Å². The van der Waals surface area contributed by atoms with E-state index in [2.05, 4.69) is 10.3 Å². The Kier molecular flexibility index (Phi) is 7.30. The van der Waals surface area contributed by atoms with Gasteiger partial charge in [0.05, 0.1) is 12.3 Å². The van der Waals surface area contributed by atoms with Crippen molar-refractivity contribution < 1.29 is 19.1 Å². The van der Waals surface area contributed by atoms with Gasteiger partial charge in [0.1, 0.15) is 5.60 Å². The number of nitrogen functional groups attached to an aromatic ring is 1. The summed E-state index contributed by atoms with van der Waals surface area (Å²) in [5.74, 6) is 0. The lowest BCUT2D eigenvalue weighted by Crippen LogP contribution is -2.46. The molecule has 2 amide bonds. The zero-order valence-electron chi connectivity index (χ0n) is 18.3. The largest absolute Gasteiger partial charge is 0.449 e. The maximum Gasteiger partial charge on any atom is 0.414 e. The van der Waals surface area contributed by atoms with Gasteiger partial charge >= 0.3 is 12.2 Å². The summed E-state index contributed by atoms with van der Waals surface area (Å²) in [6.07, 6.45) is -0.577. The maximum atomic E-state index is 12.7. The van der Waals surface area contributed by atoms with Gasteiger partial charge in [0.15, 0.2) is 5.13 Å². The minimum atomic E-state index is -0.582. The summed E-state index contributed by atoms with van der Waals surface area (Å²) in [6.45, 7) is 11.3. The Morgan fingerprint density at radius 1 is 1.13 bits per heavy atom. The van der Waals surface area contributed by atoms with Crippen molar-refractivity contribution in [2.45, 2.75) is 59.1 Å². The molecule has 0 aliphatic rings. The minimum absolute atomic E-state index is 0.163. The fourth-order valence-corrected chi connectivity index (χ4v) is 3.30. The van der Waals surface area contributed by atoms with E-state index in [-0.39, 0.29) is 6.61 Å². The summed E-state index contributed by atoms with van der Waals surface area (Å²) < 4.78 is 10.7. The molecular formula is C21H30N4O4S. The summed E-state index contributed by atoms with van der Waals surface area (Å²) in [6, 6.07) is 7.07. The highest BCUT2D eigenvalue weighted by Gasteiger charge is 2.29. The van der Waals surface area contributed by atoms with Crippen LogP contribution in [0.25, 0.3) is 0 Å². The van der Waals surface area contributed by atoms with Crippen molar-refractivity contribution in [3.8, 4) is 0 Å². The molecule has 0 aliphatic heterocycles. The van der Waals surface area contributed by atoms with Crippen LogP contribution in [-0.4, -0.2) is 34.9 Å². The Hall–Kier alpha value is -2.81. The van der Waals surface area contributed by atoms with Gasteiger partial charge in [0, 0.05) is 28.7 Å². The first kappa shape index (κ1) is 23.5. The van der Waals surface area contributed by atoms with Crippen molar-refractivity contribution in [3.05, 3.63) is 35.3 Å². The number of nitrogens with one attached hydrogen (secondary N) is 1. The zero-order valence-corrected chi connectivity index (χ0v) is 19.1. The third-order valence-electron chi connectivity index (χ3n) is 3.75. The van der Waals surface area contributed by atoms with Crippen LogP contribution in [-0.2, 0) is 15.9 Å². The molecule has 0 bridgehead atoms. The SMILES string of the molecule is CC(C)(C)OC(=O)Nc1nc(CCOC(=O)N(c2ccc(N)cc2)C(C)(C)C)cs1. The maximum absolute atomic E-state index is 12.7. The molecule has 1 heterocycles. The Bertz CT molecular complexity index is 866. The molecule has 0 saturated carbocycles. The predicted molar refractivity (Wildman–Crippen MR) is 120 cm³/mol. The third kappa shape index (κ3) is 7.22. The highest BCUT2D eigenvalue weighted by atomic mass is 32.1. The number of nitrogens with zero attached hydrogens (tertiary/aromatic N) is 2. The molecule has 0 aliphatic carbocycles. The van der Waals surface area contributed by atoms with Crippen molar-refractivity contribution >= 4 is 40.0 Å².